The Morgan fingerprint density at radius 3 is 2.50 bits per heavy atom. The van der Waals surface area contributed by atoms with E-state index in [2.05, 4.69) is 10.3 Å². The average Bonchev–Trinajstić information content (AvgIpc) is 3.03. The molecule has 0 bridgehead atoms. The van der Waals surface area contributed by atoms with E-state index in [1.165, 1.54) is 6.92 Å². The lowest BCUT2D eigenvalue weighted by molar-refractivity contribution is -0.131. The third-order valence-corrected chi connectivity index (χ3v) is 5.12. The summed E-state index contributed by atoms with van der Waals surface area (Å²) in [5, 5.41) is 3.77. The minimum absolute atomic E-state index is 0.0353. The lowest BCUT2D eigenvalue weighted by Gasteiger charge is -2.22. The lowest BCUT2D eigenvalue weighted by atomic mass is 10.0. The van der Waals surface area contributed by atoms with Gasteiger partial charge >= 0.3 is 0 Å². The molecule has 2 aromatic carbocycles. The molecule has 1 N–H and O–H groups in total. The summed E-state index contributed by atoms with van der Waals surface area (Å²) in [6, 6.07) is 17.2. The highest BCUT2D eigenvalue weighted by Crippen LogP contribution is 2.23. The molecular weight excluding hydrogens is 346 g/mol. The Hall–Kier alpha value is -2.73. The number of para-hydroxylation sites is 1. The van der Waals surface area contributed by atoms with Crippen molar-refractivity contribution in [3.63, 3.8) is 0 Å². The van der Waals surface area contributed by atoms with Crippen LogP contribution in [0.5, 0.6) is 0 Å². The second kappa shape index (κ2) is 8.10. The molecule has 5 nitrogen and oxygen atoms in total. The van der Waals surface area contributed by atoms with Gasteiger partial charge in [-0.25, -0.2) is 4.98 Å². The molecule has 0 saturated carbocycles. The summed E-state index contributed by atoms with van der Waals surface area (Å²) in [5.74, 6) is -0.188. The van der Waals surface area contributed by atoms with Gasteiger partial charge in [-0.15, -0.1) is 11.3 Å². The quantitative estimate of drug-likeness (QED) is 0.725. The van der Waals surface area contributed by atoms with Crippen molar-refractivity contribution in [3.8, 4) is 0 Å². The van der Waals surface area contributed by atoms with Crippen molar-refractivity contribution in [2.24, 2.45) is 0 Å². The van der Waals surface area contributed by atoms with Gasteiger partial charge in [0.25, 0.3) is 0 Å². The molecule has 2 amide bonds. The van der Waals surface area contributed by atoms with Crippen molar-refractivity contribution in [2.75, 3.05) is 7.05 Å². The van der Waals surface area contributed by atoms with E-state index >= 15 is 0 Å². The predicted molar refractivity (Wildman–Crippen MR) is 104 cm³/mol. The van der Waals surface area contributed by atoms with Crippen molar-refractivity contribution in [3.05, 3.63) is 65.2 Å². The number of carbonyl (C=O) groups is 2. The minimum Gasteiger partial charge on any atom is -0.349 e. The van der Waals surface area contributed by atoms with Crippen LogP contribution < -0.4 is 5.32 Å². The highest BCUT2D eigenvalue weighted by Gasteiger charge is 2.20. The van der Waals surface area contributed by atoms with E-state index in [4.69, 9.17) is 0 Å². The molecule has 26 heavy (non-hydrogen) atoms. The van der Waals surface area contributed by atoms with Crippen molar-refractivity contribution < 1.29 is 9.59 Å². The van der Waals surface area contributed by atoms with Gasteiger partial charge in [-0.1, -0.05) is 42.5 Å². The van der Waals surface area contributed by atoms with E-state index in [0.29, 0.717) is 6.54 Å². The molecule has 0 aliphatic heterocycles. The van der Waals surface area contributed by atoms with Crippen LogP contribution in [-0.4, -0.2) is 28.7 Å². The summed E-state index contributed by atoms with van der Waals surface area (Å²) >= 11 is 1.59. The monoisotopic (exact) mass is 367 g/mol. The van der Waals surface area contributed by atoms with Crippen LogP contribution in [0.2, 0.25) is 0 Å². The number of nitrogens with zero attached hydrogens (tertiary/aromatic N) is 2. The van der Waals surface area contributed by atoms with Gasteiger partial charge in [0.15, 0.2) is 0 Å². The van der Waals surface area contributed by atoms with Gasteiger partial charge in [-0.3, -0.25) is 9.59 Å². The van der Waals surface area contributed by atoms with E-state index in [1.807, 2.05) is 54.6 Å². The first-order valence-electron chi connectivity index (χ1n) is 8.43. The number of hydrogen-bond donors (Lipinski definition) is 1. The summed E-state index contributed by atoms with van der Waals surface area (Å²) in [4.78, 5) is 30.4. The summed E-state index contributed by atoms with van der Waals surface area (Å²) in [6.07, 6.45) is 0.213. The average molecular weight is 367 g/mol. The molecule has 1 aromatic heterocycles. The molecule has 134 valence electrons. The van der Waals surface area contributed by atoms with Gasteiger partial charge in [0.1, 0.15) is 5.01 Å². The molecule has 0 unspecified atom stereocenters. The first kappa shape index (κ1) is 18.1. The first-order chi connectivity index (χ1) is 12.5. The molecule has 0 aliphatic rings. The maximum absolute atomic E-state index is 12.7. The fraction of sp³-hybridized carbons (Fsp3) is 0.250. The zero-order chi connectivity index (χ0) is 18.5. The third-order valence-electron chi connectivity index (χ3n) is 4.09. The van der Waals surface area contributed by atoms with E-state index in [0.717, 1.165) is 20.8 Å². The predicted octanol–water partition coefficient (Wildman–Crippen LogP) is 3.52. The Morgan fingerprint density at radius 2 is 1.81 bits per heavy atom. The molecular formula is C20H21N3O2S. The lowest BCUT2D eigenvalue weighted by Crippen LogP contribution is -2.33. The summed E-state index contributed by atoms with van der Waals surface area (Å²) in [7, 11) is 1.77. The fourth-order valence-corrected chi connectivity index (χ4v) is 3.81. The summed E-state index contributed by atoms with van der Waals surface area (Å²) in [6.45, 7) is 1.92. The van der Waals surface area contributed by atoms with Crippen LogP contribution in [0.3, 0.4) is 0 Å². The van der Waals surface area contributed by atoms with Crippen LogP contribution in [0.1, 0.15) is 30.0 Å². The SMILES string of the molecule is CC(=O)N[C@@H](CC(=O)N(C)Cc1nc2ccccc2s1)c1ccccc1. The van der Waals surface area contributed by atoms with Crippen molar-refractivity contribution >= 4 is 33.4 Å². The van der Waals surface area contributed by atoms with Gasteiger partial charge < -0.3 is 10.2 Å². The third kappa shape index (κ3) is 4.46. The van der Waals surface area contributed by atoms with Crippen LogP contribution in [-0.2, 0) is 16.1 Å². The van der Waals surface area contributed by atoms with E-state index < -0.39 is 0 Å². The fourth-order valence-electron chi connectivity index (χ4n) is 2.79. The van der Waals surface area contributed by atoms with Gasteiger partial charge in [-0.05, 0) is 17.7 Å². The van der Waals surface area contributed by atoms with Gasteiger partial charge in [0.05, 0.1) is 29.2 Å². The largest absolute Gasteiger partial charge is 0.349 e. The van der Waals surface area contributed by atoms with Crippen molar-refractivity contribution in [2.45, 2.75) is 25.9 Å². The Morgan fingerprint density at radius 1 is 1.12 bits per heavy atom. The van der Waals surface area contributed by atoms with Crippen LogP contribution >= 0.6 is 11.3 Å². The molecule has 6 heteroatoms. The molecule has 1 heterocycles. The first-order valence-corrected chi connectivity index (χ1v) is 9.25. The topological polar surface area (TPSA) is 62.3 Å². The molecule has 1 atom stereocenters. The number of thiazole rings is 1. The summed E-state index contributed by atoms with van der Waals surface area (Å²) < 4.78 is 1.11. The molecule has 0 saturated heterocycles. The highest BCUT2D eigenvalue weighted by atomic mass is 32.1. The highest BCUT2D eigenvalue weighted by molar-refractivity contribution is 7.18. The zero-order valence-corrected chi connectivity index (χ0v) is 15.6. The number of benzene rings is 2. The molecule has 0 radical (unpaired) electrons. The number of hydrogen-bond acceptors (Lipinski definition) is 4. The maximum atomic E-state index is 12.7. The number of rotatable bonds is 6. The Bertz CT molecular complexity index is 875. The summed E-state index contributed by atoms with van der Waals surface area (Å²) in [5.41, 5.74) is 1.87. The van der Waals surface area contributed by atoms with Gasteiger partial charge in [0, 0.05) is 14.0 Å². The van der Waals surface area contributed by atoms with E-state index in [-0.39, 0.29) is 24.3 Å². The number of amides is 2. The Labute approximate surface area is 156 Å². The van der Waals surface area contributed by atoms with E-state index in [9.17, 15) is 9.59 Å². The van der Waals surface area contributed by atoms with Crippen LogP contribution in [0, 0.1) is 0 Å². The Balaban J connectivity index is 1.69. The van der Waals surface area contributed by atoms with Crippen LogP contribution in [0.25, 0.3) is 10.2 Å². The van der Waals surface area contributed by atoms with E-state index in [1.54, 1.807) is 23.3 Å². The Kier molecular flexibility index (Phi) is 5.63. The second-order valence-electron chi connectivity index (χ2n) is 6.19. The van der Waals surface area contributed by atoms with Crippen molar-refractivity contribution in [1.29, 1.82) is 0 Å². The number of nitrogens with one attached hydrogen (secondary N) is 1. The van der Waals surface area contributed by atoms with Crippen molar-refractivity contribution in [1.82, 2.24) is 15.2 Å². The van der Waals surface area contributed by atoms with Gasteiger partial charge in [-0.2, -0.15) is 0 Å². The number of aromatic nitrogens is 1. The number of fused-ring (bicyclic) bond motifs is 1. The van der Waals surface area contributed by atoms with Crippen LogP contribution in [0.15, 0.2) is 54.6 Å². The smallest absolute Gasteiger partial charge is 0.225 e. The molecule has 0 spiro atoms. The second-order valence-corrected chi connectivity index (χ2v) is 7.31. The molecule has 3 aromatic rings. The molecule has 3 rings (SSSR count). The standard InChI is InChI=1S/C20H21N3O2S/c1-14(24)21-17(15-8-4-3-5-9-15)12-20(25)23(2)13-19-22-16-10-6-7-11-18(16)26-19/h3-11,17H,12-13H2,1-2H3,(H,21,24)/t17-/m0/s1. The zero-order valence-electron chi connectivity index (χ0n) is 14.8. The maximum Gasteiger partial charge on any atom is 0.225 e. The van der Waals surface area contributed by atoms with Gasteiger partial charge in [0.2, 0.25) is 11.8 Å². The molecule has 0 fully saturated rings. The normalized spacial score (nSPS) is 11.9. The number of carbonyl (C=O) groups excluding carboxylic acids is 2. The van der Waals surface area contributed by atoms with Crippen LogP contribution in [0.4, 0.5) is 0 Å². The minimum atomic E-state index is -0.334. The molecule has 0 aliphatic carbocycles.